The zero-order valence-electron chi connectivity index (χ0n) is 18.7. The minimum atomic E-state index is -0.336. The van der Waals surface area contributed by atoms with Crippen molar-refractivity contribution in [2.24, 2.45) is 5.92 Å². The lowest BCUT2D eigenvalue weighted by molar-refractivity contribution is -0.121. The second-order valence-corrected chi connectivity index (χ2v) is 8.20. The largest absolute Gasteiger partial charge is 0.497 e. The van der Waals surface area contributed by atoms with Crippen LogP contribution >= 0.6 is 0 Å². The molecule has 2 aromatic carbocycles. The lowest BCUT2D eigenvalue weighted by atomic mass is 10.0. The number of imide groups is 1. The van der Waals surface area contributed by atoms with Crippen molar-refractivity contribution in [3.63, 3.8) is 0 Å². The van der Waals surface area contributed by atoms with Gasteiger partial charge in [-0.15, -0.1) is 0 Å². The lowest BCUT2D eigenvalue weighted by Crippen LogP contribution is -2.40. The number of amides is 2. The fourth-order valence-electron chi connectivity index (χ4n) is 3.81. The Balaban J connectivity index is 1.70. The molecule has 7 nitrogen and oxygen atoms in total. The number of morpholine rings is 1. The summed E-state index contributed by atoms with van der Waals surface area (Å²) in [6.45, 7) is 6.94. The molecule has 0 unspecified atom stereocenters. The van der Waals surface area contributed by atoms with E-state index in [4.69, 9.17) is 14.2 Å². The molecule has 2 aliphatic rings. The van der Waals surface area contributed by atoms with Gasteiger partial charge in [-0.05, 0) is 47.9 Å². The summed E-state index contributed by atoms with van der Waals surface area (Å²) >= 11 is 0. The third-order valence-corrected chi connectivity index (χ3v) is 5.44. The standard InChI is InChI=1S/C25H28N2O5/c1-17(2)16-32-21-8-4-18(5-9-21)22-23(26-12-14-31-15-13-26)25(29)27(24(22)28)19-6-10-20(30-3)11-7-19/h4-11,17H,12-16H2,1-3H3. The molecule has 32 heavy (non-hydrogen) atoms. The second-order valence-electron chi connectivity index (χ2n) is 8.20. The van der Waals surface area contributed by atoms with Crippen LogP contribution in [-0.2, 0) is 14.3 Å². The van der Waals surface area contributed by atoms with Crippen LogP contribution in [0, 0.1) is 5.92 Å². The summed E-state index contributed by atoms with van der Waals surface area (Å²) in [5.74, 6) is 1.15. The zero-order chi connectivity index (χ0) is 22.7. The van der Waals surface area contributed by atoms with Gasteiger partial charge in [-0.1, -0.05) is 26.0 Å². The first-order chi connectivity index (χ1) is 15.5. The first kappa shape index (κ1) is 21.9. The van der Waals surface area contributed by atoms with Gasteiger partial charge in [-0.2, -0.15) is 0 Å². The third-order valence-electron chi connectivity index (χ3n) is 5.44. The fourth-order valence-corrected chi connectivity index (χ4v) is 3.81. The third kappa shape index (κ3) is 4.34. The first-order valence-corrected chi connectivity index (χ1v) is 10.8. The maximum atomic E-state index is 13.6. The van der Waals surface area contributed by atoms with Gasteiger partial charge in [0.2, 0.25) is 0 Å². The van der Waals surface area contributed by atoms with Gasteiger partial charge >= 0.3 is 0 Å². The molecular formula is C25H28N2O5. The van der Waals surface area contributed by atoms with Crippen molar-refractivity contribution in [3.05, 3.63) is 59.8 Å². The molecule has 2 aromatic rings. The van der Waals surface area contributed by atoms with E-state index in [0.29, 0.717) is 67.1 Å². The quantitative estimate of drug-likeness (QED) is 0.620. The van der Waals surface area contributed by atoms with E-state index in [-0.39, 0.29) is 11.8 Å². The van der Waals surface area contributed by atoms with Crippen molar-refractivity contribution < 1.29 is 23.8 Å². The van der Waals surface area contributed by atoms with Gasteiger partial charge < -0.3 is 19.1 Å². The van der Waals surface area contributed by atoms with Crippen molar-refractivity contribution in [2.45, 2.75) is 13.8 Å². The van der Waals surface area contributed by atoms with Crippen molar-refractivity contribution in [2.75, 3.05) is 44.9 Å². The molecule has 0 atom stereocenters. The highest BCUT2D eigenvalue weighted by molar-refractivity contribution is 6.45. The van der Waals surface area contributed by atoms with E-state index in [1.54, 1.807) is 31.4 Å². The molecular weight excluding hydrogens is 408 g/mol. The number of anilines is 1. The van der Waals surface area contributed by atoms with E-state index in [2.05, 4.69) is 13.8 Å². The number of carbonyl (C=O) groups excluding carboxylic acids is 2. The number of carbonyl (C=O) groups is 2. The van der Waals surface area contributed by atoms with Gasteiger partial charge in [0.25, 0.3) is 11.8 Å². The summed E-state index contributed by atoms with van der Waals surface area (Å²) < 4.78 is 16.4. The lowest BCUT2D eigenvalue weighted by Gasteiger charge is -2.29. The van der Waals surface area contributed by atoms with Crippen LogP contribution in [0.3, 0.4) is 0 Å². The Morgan fingerprint density at radius 1 is 0.906 bits per heavy atom. The number of hydrogen-bond donors (Lipinski definition) is 0. The Kier molecular flexibility index (Phi) is 6.46. The summed E-state index contributed by atoms with van der Waals surface area (Å²) in [4.78, 5) is 30.2. The molecule has 2 aliphatic heterocycles. The Labute approximate surface area is 188 Å². The van der Waals surface area contributed by atoms with Gasteiger partial charge in [-0.25, -0.2) is 4.90 Å². The second kappa shape index (κ2) is 9.44. The average molecular weight is 437 g/mol. The van der Waals surface area contributed by atoms with Gasteiger partial charge in [0.05, 0.1) is 38.2 Å². The Bertz CT molecular complexity index is 1010. The van der Waals surface area contributed by atoms with Crippen LogP contribution in [-0.4, -0.2) is 56.7 Å². The summed E-state index contributed by atoms with van der Waals surface area (Å²) in [6, 6.07) is 14.3. The highest BCUT2D eigenvalue weighted by Crippen LogP contribution is 2.36. The van der Waals surface area contributed by atoms with Crippen LogP contribution in [0.5, 0.6) is 11.5 Å². The first-order valence-electron chi connectivity index (χ1n) is 10.8. The van der Waals surface area contributed by atoms with Crippen LogP contribution in [0.2, 0.25) is 0 Å². The van der Waals surface area contributed by atoms with Crippen molar-refractivity contribution >= 4 is 23.1 Å². The molecule has 4 rings (SSSR count). The molecule has 0 spiro atoms. The number of benzene rings is 2. The summed E-state index contributed by atoms with van der Waals surface area (Å²) in [5, 5.41) is 0. The minimum absolute atomic E-state index is 0.322. The molecule has 0 bridgehead atoms. The molecule has 1 fully saturated rings. The van der Waals surface area contributed by atoms with Crippen LogP contribution in [0.1, 0.15) is 19.4 Å². The summed E-state index contributed by atoms with van der Waals surface area (Å²) in [6.07, 6.45) is 0. The number of methoxy groups -OCH3 is 1. The molecule has 7 heteroatoms. The predicted molar refractivity (Wildman–Crippen MR) is 122 cm³/mol. The molecule has 0 aromatic heterocycles. The number of hydrogen-bond acceptors (Lipinski definition) is 6. The molecule has 2 heterocycles. The maximum absolute atomic E-state index is 13.6. The van der Waals surface area contributed by atoms with Gasteiger partial charge in [0, 0.05) is 13.1 Å². The van der Waals surface area contributed by atoms with E-state index in [1.165, 1.54) is 4.90 Å². The molecule has 2 amide bonds. The zero-order valence-corrected chi connectivity index (χ0v) is 18.7. The highest BCUT2D eigenvalue weighted by atomic mass is 16.5. The molecule has 0 radical (unpaired) electrons. The smallest absolute Gasteiger partial charge is 0.282 e. The molecule has 0 N–H and O–H groups in total. The van der Waals surface area contributed by atoms with E-state index >= 15 is 0 Å². The number of nitrogens with zero attached hydrogens (tertiary/aromatic N) is 2. The topological polar surface area (TPSA) is 68.3 Å². The molecule has 168 valence electrons. The monoisotopic (exact) mass is 436 g/mol. The van der Waals surface area contributed by atoms with Gasteiger partial charge in [-0.3, -0.25) is 9.59 Å². The van der Waals surface area contributed by atoms with E-state index in [9.17, 15) is 9.59 Å². The predicted octanol–water partition coefficient (Wildman–Crippen LogP) is 3.35. The Hall–Kier alpha value is -3.32. The number of ether oxygens (including phenoxy) is 3. The van der Waals surface area contributed by atoms with Gasteiger partial charge in [0.1, 0.15) is 17.2 Å². The minimum Gasteiger partial charge on any atom is -0.497 e. The SMILES string of the molecule is COc1ccc(N2C(=O)C(c3ccc(OCC(C)C)cc3)=C(N3CCOCC3)C2=O)cc1. The van der Waals surface area contributed by atoms with E-state index < -0.39 is 0 Å². The molecule has 0 saturated carbocycles. The van der Waals surface area contributed by atoms with Crippen molar-refractivity contribution in [1.29, 1.82) is 0 Å². The normalized spacial score (nSPS) is 16.9. The van der Waals surface area contributed by atoms with Crippen LogP contribution in [0.25, 0.3) is 5.57 Å². The maximum Gasteiger partial charge on any atom is 0.282 e. The van der Waals surface area contributed by atoms with Crippen molar-refractivity contribution in [3.8, 4) is 11.5 Å². The Morgan fingerprint density at radius 3 is 2.12 bits per heavy atom. The summed E-state index contributed by atoms with van der Waals surface area (Å²) in [5.41, 5.74) is 2.03. The van der Waals surface area contributed by atoms with E-state index in [0.717, 1.165) is 5.75 Å². The van der Waals surface area contributed by atoms with Crippen LogP contribution in [0.4, 0.5) is 5.69 Å². The average Bonchev–Trinajstić information content (AvgIpc) is 3.08. The fraction of sp³-hybridized carbons (Fsp3) is 0.360. The molecule has 0 aliphatic carbocycles. The van der Waals surface area contributed by atoms with Crippen molar-refractivity contribution in [1.82, 2.24) is 4.90 Å². The van der Waals surface area contributed by atoms with E-state index in [1.807, 2.05) is 29.2 Å². The highest BCUT2D eigenvalue weighted by Gasteiger charge is 2.42. The Morgan fingerprint density at radius 2 is 1.53 bits per heavy atom. The molecule has 1 saturated heterocycles. The van der Waals surface area contributed by atoms with Gasteiger partial charge in [0.15, 0.2) is 0 Å². The summed E-state index contributed by atoms with van der Waals surface area (Å²) in [7, 11) is 1.58. The number of rotatable bonds is 7. The van der Waals surface area contributed by atoms with Crippen LogP contribution in [0.15, 0.2) is 54.2 Å². The van der Waals surface area contributed by atoms with Crippen LogP contribution < -0.4 is 14.4 Å².